The molecule has 0 aromatic rings. The largest absolute Gasteiger partial charge is 0.466 e. The summed E-state index contributed by atoms with van der Waals surface area (Å²) in [4.78, 5) is 23.1. The lowest BCUT2D eigenvalue weighted by Crippen LogP contribution is -2.36. The fraction of sp³-hybridized carbons (Fsp3) is 0.857. The lowest BCUT2D eigenvalue weighted by molar-refractivity contribution is -0.143. The number of hydrogen-bond donors (Lipinski definition) is 2. The fourth-order valence-corrected chi connectivity index (χ4v) is 2.46. The number of ketones is 1. The highest BCUT2D eigenvalue weighted by Crippen LogP contribution is 2.18. The molecular weight excluding hydrogens is 246 g/mol. The van der Waals surface area contributed by atoms with Crippen LogP contribution in [0.1, 0.15) is 45.4 Å². The van der Waals surface area contributed by atoms with Crippen molar-refractivity contribution in [2.75, 3.05) is 19.8 Å². The lowest BCUT2D eigenvalue weighted by atomic mass is 9.95. The van der Waals surface area contributed by atoms with Crippen LogP contribution in [0.25, 0.3) is 0 Å². The number of rotatable bonds is 9. The van der Waals surface area contributed by atoms with E-state index in [0.29, 0.717) is 19.4 Å². The molecule has 1 saturated heterocycles. The quantitative estimate of drug-likeness (QED) is 0.484. The van der Waals surface area contributed by atoms with Gasteiger partial charge < -0.3 is 15.2 Å². The van der Waals surface area contributed by atoms with Crippen molar-refractivity contribution in [1.82, 2.24) is 5.32 Å². The normalized spacial score (nSPS) is 22.4. The molecular formula is C14H25NO4. The molecule has 0 aromatic heterocycles. The summed E-state index contributed by atoms with van der Waals surface area (Å²) in [6.07, 6.45) is 4.26. The third kappa shape index (κ3) is 5.70. The third-order valence-corrected chi connectivity index (χ3v) is 3.54. The van der Waals surface area contributed by atoms with Gasteiger partial charge in [0.15, 0.2) is 0 Å². The minimum Gasteiger partial charge on any atom is -0.466 e. The van der Waals surface area contributed by atoms with E-state index in [1.165, 1.54) is 0 Å². The van der Waals surface area contributed by atoms with E-state index >= 15 is 0 Å². The van der Waals surface area contributed by atoms with Crippen molar-refractivity contribution >= 4 is 11.8 Å². The molecule has 1 rings (SSSR count). The van der Waals surface area contributed by atoms with Crippen molar-refractivity contribution in [2.45, 2.75) is 51.5 Å². The standard InChI is InChI=1S/C14H25NO4/c1-2-19-13(18)7-5-3-4-6-12(17)14-11(10-16)8-9-15-14/h11,14-16H,2-10H2,1H3/t11-,14?/m0/s1. The second-order valence-electron chi connectivity index (χ2n) is 5.00. The summed E-state index contributed by atoms with van der Waals surface area (Å²) in [5.74, 6) is 0.103. The Bertz CT molecular complexity index is 293. The maximum Gasteiger partial charge on any atom is 0.305 e. The molecule has 0 aliphatic carbocycles. The van der Waals surface area contributed by atoms with Crippen LogP contribution in [0.2, 0.25) is 0 Å². The van der Waals surface area contributed by atoms with E-state index in [4.69, 9.17) is 9.84 Å². The molecule has 19 heavy (non-hydrogen) atoms. The number of nitrogens with one attached hydrogen (secondary N) is 1. The number of unbranched alkanes of at least 4 members (excludes halogenated alkanes) is 2. The average Bonchev–Trinajstić information content (AvgIpc) is 2.86. The summed E-state index contributed by atoms with van der Waals surface area (Å²) in [6, 6.07) is -0.171. The third-order valence-electron chi connectivity index (χ3n) is 3.54. The zero-order chi connectivity index (χ0) is 14.1. The summed E-state index contributed by atoms with van der Waals surface area (Å²) < 4.78 is 4.84. The van der Waals surface area contributed by atoms with Gasteiger partial charge in [0.25, 0.3) is 0 Å². The number of carbonyl (C=O) groups is 2. The van der Waals surface area contributed by atoms with E-state index in [1.54, 1.807) is 6.92 Å². The molecule has 5 nitrogen and oxygen atoms in total. The Morgan fingerprint density at radius 2 is 2.00 bits per heavy atom. The lowest BCUT2D eigenvalue weighted by Gasteiger charge is -2.15. The van der Waals surface area contributed by atoms with Crippen LogP contribution in [0.3, 0.4) is 0 Å². The molecule has 1 heterocycles. The van der Waals surface area contributed by atoms with Crippen molar-refractivity contribution in [3.8, 4) is 0 Å². The van der Waals surface area contributed by atoms with Gasteiger partial charge in [-0.15, -0.1) is 0 Å². The van der Waals surface area contributed by atoms with Crippen LogP contribution >= 0.6 is 0 Å². The Balaban J connectivity index is 2.09. The first-order chi connectivity index (χ1) is 9.19. The number of esters is 1. The monoisotopic (exact) mass is 271 g/mol. The van der Waals surface area contributed by atoms with E-state index < -0.39 is 0 Å². The van der Waals surface area contributed by atoms with Crippen molar-refractivity contribution in [3.05, 3.63) is 0 Å². The second-order valence-corrected chi connectivity index (χ2v) is 5.00. The number of carbonyl (C=O) groups excluding carboxylic acids is 2. The van der Waals surface area contributed by atoms with Gasteiger partial charge in [0.05, 0.1) is 12.6 Å². The van der Waals surface area contributed by atoms with Gasteiger partial charge in [-0.1, -0.05) is 6.42 Å². The van der Waals surface area contributed by atoms with Crippen LogP contribution in [-0.2, 0) is 14.3 Å². The summed E-state index contributed by atoms with van der Waals surface area (Å²) >= 11 is 0. The molecule has 0 radical (unpaired) electrons. The summed E-state index contributed by atoms with van der Waals surface area (Å²) in [5, 5.41) is 12.3. The van der Waals surface area contributed by atoms with E-state index in [-0.39, 0.29) is 30.3 Å². The fourth-order valence-electron chi connectivity index (χ4n) is 2.46. The Labute approximate surface area is 114 Å². The minimum atomic E-state index is -0.171. The Morgan fingerprint density at radius 1 is 1.26 bits per heavy atom. The summed E-state index contributed by atoms with van der Waals surface area (Å²) in [6.45, 7) is 3.10. The number of Topliss-reactive ketones (excluding diaryl/α,β-unsaturated/α-hetero) is 1. The van der Waals surface area contributed by atoms with Crippen LogP contribution in [0.5, 0.6) is 0 Å². The van der Waals surface area contributed by atoms with Gasteiger partial charge in [-0.3, -0.25) is 9.59 Å². The smallest absolute Gasteiger partial charge is 0.305 e. The topological polar surface area (TPSA) is 75.6 Å². The first-order valence-corrected chi connectivity index (χ1v) is 7.21. The molecule has 2 N–H and O–H groups in total. The first-order valence-electron chi connectivity index (χ1n) is 7.21. The van der Waals surface area contributed by atoms with Crippen LogP contribution < -0.4 is 5.32 Å². The highest BCUT2D eigenvalue weighted by Gasteiger charge is 2.31. The Morgan fingerprint density at radius 3 is 2.68 bits per heavy atom. The Hall–Kier alpha value is -0.940. The Kier molecular flexibility index (Phi) is 7.67. The molecule has 1 fully saturated rings. The van der Waals surface area contributed by atoms with Crippen LogP contribution in [0.4, 0.5) is 0 Å². The van der Waals surface area contributed by atoms with Crippen molar-refractivity contribution in [1.29, 1.82) is 0 Å². The second kappa shape index (κ2) is 9.04. The molecule has 1 aliphatic rings. The van der Waals surface area contributed by atoms with E-state index in [9.17, 15) is 9.59 Å². The van der Waals surface area contributed by atoms with Crippen molar-refractivity contribution in [3.63, 3.8) is 0 Å². The van der Waals surface area contributed by atoms with Crippen molar-refractivity contribution < 1.29 is 19.4 Å². The molecule has 0 saturated carbocycles. The van der Waals surface area contributed by atoms with Crippen LogP contribution in [0.15, 0.2) is 0 Å². The summed E-state index contributed by atoms with van der Waals surface area (Å²) in [5.41, 5.74) is 0. The maximum atomic E-state index is 11.9. The van der Waals surface area contributed by atoms with Gasteiger partial charge in [0.1, 0.15) is 5.78 Å². The predicted octanol–water partition coefficient (Wildman–Crippen LogP) is 1.04. The number of hydrogen-bond acceptors (Lipinski definition) is 5. The highest BCUT2D eigenvalue weighted by atomic mass is 16.5. The molecule has 1 aliphatic heterocycles. The molecule has 2 atom stereocenters. The molecule has 0 amide bonds. The van der Waals surface area contributed by atoms with E-state index in [1.807, 2.05) is 0 Å². The molecule has 0 spiro atoms. The molecule has 0 aromatic carbocycles. The maximum absolute atomic E-state index is 11.9. The SMILES string of the molecule is CCOC(=O)CCCCCC(=O)C1NCC[C@H]1CO. The molecule has 1 unspecified atom stereocenters. The van der Waals surface area contributed by atoms with Gasteiger partial charge in [-0.05, 0) is 32.7 Å². The first kappa shape index (κ1) is 16.1. The summed E-state index contributed by atoms with van der Waals surface area (Å²) in [7, 11) is 0. The predicted molar refractivity (Wildman–Crippen MR) is 71.7 cm³/mol. The van der Waals surface area contributed by atoms with Gasteiger partial charge in [0, 0.05) is 25.4 Å². The minimum absolute atomic E-state index is 0.0757. The number of aliphatic hydroxyl groups is 1. The van der Waals surface area contributed by atoms with Gasteiger partial charge in [0.2, 0.25) is 0 Å². The molecule has 0 bridgehead atoms. The van der Waals surface area contributed by atoms with Crippen molar-refractivity contribution in [2.24, 2.45) is 5.92 Å². The van der Waals surface area contributed by atoms with E-state index in [0.717, 1.165) is 32.2 Å². The van der Waals surface area contributed by atoms with Gasteiger partial charge >= 0.3 is 5.97 Å². The molecule has 5 heteroatoms. The van der Waals surface area contributed by atoms with Gasteiger partial charge in [-0.25, -0.2) is 0 Å². The highest BCUT2D eigenvalue weighted by molar-refractivity contribution is 5.84. The average molecular weight is 271 g/mol. The van der Waals surface area contributed by atoms with Gasteiger partial charge in [-0.2, -0.15) is 0 Å². The zero-order valence-electron chi connectivity index (χ0n) is 11.7. The number of aliphatic hydroxyl groups excluding tert-OH is 1. The van der Waals surface area contributed by atoms with E-state index in [2.05, 4.69) is 5.32 Å². The van der Waals surface area contributed by atoms with Crippen LogP contribution in [-0.4, -0.2) is 42.7 Å². The molecule has 110 valence electrons. The zero-order valence-corrected chi connectivity index (χ0v) is 11.7. The number of ether oxygens (including phenoxy) is 1. The van der Waals surface area contributed by atoms with Crippen LogP contribution in [0, 0.1) is 5.92 Å².